The van der Waals surface area contributed by atoms with Crippen LogP contribution in [0.5, 0.6) is 5.75 Å². The summed E-state index contributed by atoms with van der Waals surface area (Å²) in [5.41, 5.74) is 0.836. The second-order valence-electron chi connectivity index (χ2n) is 3.99. The summed E-state index contributed by atoms with van der Waals surface area (Å²) in [5.74, 6) is 1.69. The highest BCUT2D eigenvalue weighted by molar-refractivity contribution is 5.43. The van der Waals surface area contributed by atoms with E-state index < -0.39 is 0 Å². The normalized spacial score (nSPS) is 20.4. The Kier molecular flexibility index (Phi) is 2.25. The number of pyridine rings is 1. The number of aromatic nitrogens is 3. The molecule has 1 unspecified atom stereocenters. The molecule has 1 aliphatic heterocycles. The second kappa shape index (κ2) is 3.75. The van der Waals surface area contributed by atoms with Crippen LogP contribution in [0.15, 0.2) is 18.3 Å². The van der Waals surface area contributed by atoms with Gasteiger partial charge in [0.25, 0.3) is 0 Å². The Morgan fingerprint density at radius 1 is 1.56 bits per heavy atom. The molecule has 1 fully saturated rings. The lowest BCUT2D eigenvalue weighted by molar-refractivity contribution is 0.414. The van der Waals surface area contributed by atoms with E-state index in [9.17, 15) is 0 Å². The number of nitrogens with one attached hydrogen (secondary N) is 1. The number of rotatable bonds is 2. The van der Waals surface area contributed by atoms with E-state index in [-0.39, 0.29) is 0 Å². The summed E-state index contributed by atoms with van der Waals surface area (Å²) >= 11 is 0. The SMILES string of the molecule is COc1ccn2nc(C3CCCN3)nc2c1. The minimum Gasteiger partial charge on any atom is -0.497 e. The molecule has 0 amide bonds. The number of ether oxygens (including phenoxy) is 1. The number of nitrogens with zero attached hydrogens (tertiary/aromatic N) is 3. The Morgan fingerprint density at radius 3 is 3.25 bits per heavy atom. The maximum Gasteiger partial charge on any atom is 0.168 e. The van der Waals surface area contributed by atoms with Crippen molar-refractivity contribution in [1.29, 1.82) is 0 Å². The average molecular weight is 218 g/mol. The highest BCUT2D eigenvalue weighted by Crippen LogP contribution is 2.21. The Bertz CT molecular complexity index is 502. The fourth-order valence-electron chi connectivity index (χ4n) is 2.06. The monoisotopic (exact) mass is 218 g/mol. The highest BCUT2D eigenvalue weighted by atomic mass is 16.5. The maximum atomic E-state index is 5.16. The van der Waals surface area contributed by atoms with Gasteiger partial charge in [-0.05, 0) is 25.5 Å². The van der Waals surface area contributed by atoms with Gasteiger partial charge in [-0.2, -0.15) is 0 Å². The number of fused-ring (bicyclic) bond motifs is 1. The van der Waals surface area contributed by atoms with Gasteiger partial charge in [-0.15, -0.1) is 5.10 Å². The third-order valence-electron chi connectivity index (χ3n) is 2.93. The third-order valence-corrected chi connectivity index (χ3v) is 2.93. The van der Waals surface area contributed by atoms with E-state index >= 15 is 0 Å². The molecule has 5 heteroatoms. The summed E-state index contributed by atoms with van der Waals surface area (Å²) in [6.07, 6.45) is 4.19. The number of hydrogen-bond acceptors (Lipinski definition) is 4. The van der Waals surface area contributed by atoms with Crippen molar-refractivity contribution in [2.45, 2.75) is 18.9 Å². The molecule has 5 nitrogen and oxygen atoms in total. The zero-order chi connectivity index (χ0) is 11.0. The molecule has 3 rings (SSSR count). The molecule has 16 heavy (non-hydrogen) atoms. The van der Waals surface area contributed by atoms with Gasteiger partial charge in [-0.1, -0.05) is 0 Å². The van der Waals surface area contributed by atoms with E-state index in [1.165, 1.54) is 6.42 Å². The molecular formula is C11H14N4O. The summed E-state index contributed by atoms with van der Waals surface area (Å²) in [4.78, 5) is 4.51. The van der Waals surface area contributed by atoms with Crippen LogP contribution in [0.3, 0.4) is 0 Å². The molecule has 3 heterocycles. The topological polar surface area (TPSA) is 51.5 Å². The van der Waals surface area contributed by atoms with Crippen LogP contribution in [0.2, 0.25) is 0 Å². The molecule has 84 valence electrons. The fraction of sp³-hybridized carbons (Fsp3) is 0.455. The van der Waals surface area contributed by atoms with E-state index in [0.29, 0.717) is 6.04 Å². The number of hydrogen-bond donors (Lipinski definition) is 1. The van der Waals surface area contributed by atoms with Crippen LogP contribution in [-0.2, 0) is 0 Å². The predicted octanol–water partition coefficient (Wildman–Crippen LogP) is 1.16. The summed E-state index contributed by atoms with van der Waals surface area (Å²) in [5, 5.41) is 7.85. The molecule has 1 saturated heterocycles. The van der Waals surface area contributed by atoms with Gasteiger partial charge in [0.05, 0.1) is 13.2 Å². The zero-order valence-corrected chi connectivity index (χ0v) is 9.18. The van der Waals surface area contributed by atoms with Crippen LogP contribution >= 0.6 is 0 Å². The lowest BCUT2D eigenvalue weighted by atomic mass is 10.2. The molecular weight excluding hydrogens is 204 g/mol. The molecule has 0 radical (unpaired) electrons. The van der Waals surface area contributed by atoms with Crippen LogP contribution in [0.1, 0.15) is 24.7 Å². The molecule has 2 aromatic heterocycles. The van der Waals surface area contributed by atoms with Crippen molar-refractivity contribution in [3.8, 4) is 5.75 Å². The molecule has 1 N–H and O–H groups in total. The third kappa shape index (κ3) is 1.53. The van der Waals surface area contributed by atoms with Crippen molar-refractivity contribution in [2.24, 2.45) is 0 Å². The summed E-state index contributed by atoms with van der Waals surface area (Å²) < 4.78 is 6.95. The molecule has 1 atom stereocenters. The van der Waals surface area contributed by atoms with Gasteiger partial charge in [0.15, 0.2) is 11.5 Å². The molecule has 0 aliphatic carbocycles. The first kappa shape index (κ1) is 9.59. The van der Waals surface area contributed by atoms with E-state index in [1.807, 2.05) is 18.3 Å². The van der Waals surface area contributed by atoms with Gasteiger partial charge >= 0.3 is 0 Å². The Morgan fingerprint density at radius 2 is 2.50 bits per heavy atom. The smallest absolute Gasteiger partial charge is 0.168 e. The van der Waals surface area contributed by atoms with Gasteiger partial charge in [0, 0.05) is 12.3 Å². The van der Waals surface area contributed by atoms with E-state index in [2.05, 4.69) is 15.4 Å². The van der Waals surface area contributed by atoms with Crippen LogP contribution in [0, 0.1) is 0 Å². The van der Waals surface area contributed by atoms with Gasteiger partial charge in [-0.25, -0.2) is 9.50 Å². The summed E-state index contributed by atoms with van der Waals surface area (Å²) in [6, 6.07) is 4.09. The predicted molar refractivity (Wildman–Crippen MR) is 59.5 cm³/mol. The van der Waals surface area contributed by atoms with Gasteiger partial charge in [-0.3, -0.25) is 0 Å². The van der Waals surface area contributed by atoms with Crippen molar-refractivity contribution < 1.29 is 4.74 Å². The van der Waals surface area contributed by atoms with Crippen LogP contribution < -0.4 is 10.1 Å². The lowest BCUT2D eigenvalue weighted by Gasteiger charge is -2.02. The van der Waals surface area contributed by atoms with Crippen molar-refractivity contribution in [3.63, 3.8) is 0 Å². The largest absolute Gasteiger partial charge is 0.497 e. The lowest BCUT2D eigenvalue weighted by Crippen LogP contribution is -2.14. The molecule has 1 aliphatic rings. The standard InChI is InChI=1S/C11H14N4O/c1-16-8-4-6-15-10(7-8)13-11(14-15)9-3-2-5-12-9/h4,6-7,9,12H,2-3,5H2,1H3. The minimum absolute atomic E-state index is 0.311. The minimum atomic E-state index is 0.311. The van der Waals surface area contributed by atoms with Crippen molar-refractivity contribution in [3.05, 3.63) is 24.2 Å². The molecule has 0 aromatic carbocycles. The van der Waals surface area contributed by atoms with E-state index in [0.717, 1.165) is 30.2 Å². The Hall–Kier alpha value is -1.62. The second-order valence-corrected chi connectivity index (χ2v) is 3.99. The van der Waals surface area contributed by atoms with Crippen molar-refractivity contribution >= 4 is 5.65 Å². The van der Waals surface area contributed by atoms with Crippen molar-refractivity contribution in [1.82, 2.24) is 19.9 Å². The van der Waals surface area contributed by atoms with Gasteiger partial charge in [0.2, 0.25) is 0 Å². The average Bonchev–Trinajstić information content (AvgIpc) is 2.96. The first-order chi connectivity index (χ1) is 7.86. The fourth-order valence-corrected chi connectivity index (χ4v) is 2.06. The molecule has 0 spiro atoms. The van der Waals surface area contributed by atoms with Crippen LogP contribution in [-0.4, -0.2) is 28.3 Å². The maximum absolute atomic E-state index is 5.16. The van der Waals surface area contributed by atoms with Gasteiger partial charge in [0.1, 0.15) is 5.75 Å². The molecule has 2 aromatic rings. The van der Waals surface area contributed by atoms with Crippen molar-refractivity contribution in [2.75, 3.05) is 13.7 Å². The number of methoxy groups -OCH3 is 1. The zero-order valence-electron chi connectivity index (χ0n) is 9.18. The Balaban J connectivity index is 2.01. The summed E-state index contributed by atoms with van der Waals surface area (Å²) in [7, 11) is 1.65. The molecule has 0 bridgehead atoms. The first-order valence-corrected chi connectivity index (χ1v) is 5.50. The highest BCUT2D eigenvalue weighted by Gasteiger charge is 2.20. The van der Waals surface area contributed by atoms with Crippen LogP contribution in [0.25, 0.3) is 5.65 Å². The van der Waals surface area contributed by atoms with E-state index in [4.69, 9.17) is 4.74 Å². The first-order valence-electron chi connectivity index (χ1n) is 5.50. The quantitative estimate of drug-likeness (QED) is 0.822. The van der Waals surface area contributed by atoms with E-state index in [1.54, 1.807) is 11.6 Å². The van der Waals surface area contributed by atoms with Crippen LogP contribution in [0.4, 0.5) is 0 Å². The molecule has 0 saturated carbocycles. The Labute approximate surface area is 93.4 Å². The summed E-state index contributed by atoms with van der Waals surface area (Å²) in [6.45, 7) is 1.06. The van der Waals surface area contributed by atoms with Gasteiger partial charge < -0.3 is 10.1 Å².